The molecule has 1 atom stereocenters. The van der Waals surface area contributed by atoms with Gasteiger partial charge in [-0.05, 0) is 39.2 Å². The van der Waals surface area contributed by atoms with Crippen LogP contribution in [-0.2, 0) is 19.1 Å². The summed E-state index contributed by atoms with van der Waals surface area (Å²) < 4.78 is 11.2. The summed E-state index contributed by atoms with van der Waals surface area (Å²) in [6, 6.07) is 9.39. The molecular weight excluding hydrogens is 306 g/mol. The maximum Gasteiger partial charge on any atom is 0.325 e. The van der Waals surface area contributed by atoms with Gasteiger partial charge in [-0.1, -0.05) is 43.2 Å². The van der Waals surface area contributed by atoms with Crippen LogP contribution in [0.15, 0.2) is 30.3 Å². The van der Waals surface area contributed by atoms with Crippen molar-refractivity contribution in [3.8, 4) is 0 Å². The molecule has 0 spiro atoms. The van der Waals surface area contributed by atoms with E-state index in [1.807, 2.05) is 30.3 Å². The van der Waals surface area contributed by atoms with Crippen molar-refractivity contribution in [1.29, 1.82) is 0 Å². The predicted octanol–water partition coefficient (Wildman–Crippen LogP) is 3.14. The molecule has 0 bridgehead atoms. The third kappa shape index (κ3) is 5.96. The molecule has 0 aromatic heterocycles. The molecule has 5 heteroatoms. The Hall–Kier alpha value is -1.88. The number of carbonyl (C=O) groups is 2. The first-order valence-electron chi connectivity index (χ1n) is 8.55. The standard InChI is InChI=1S/C19H27NO4/c1-19(2,3)24-16(21)13-20-18(22)17(14-9-5-4-6-10-14)23-15-11-7-8-12-15/h4-6,9-10,15,17H,7-8,11-13H2,1-3H3,(H,20,22). The van der Waals surface area contributed by atoms with Gasteiger partial charge in [0.05, 0.1) is 6.10 Å². The number of esters is 1. The molecule has 2 rings (SSSR count). The average molecular weight is 333 g/mol. The smallest absolute Gasteiger partial charge is 0.325 e. The van der Waals surface area contributed by atoms with Gasteiger partial charge in [-0.25, -0.2) is 0 Å². The van der Waals surface area contributed by atoms with E-state index in [1.165, 1.54) is 0 Å². The highest BCUT2D eigenvalue weighted by atomic mass is 16.6. The van der Waals surface area contributed by atoms with Gasteiger partial charge in [0.1, 0.15) is 12.1 Å². The van der Waals surface area contributed by atoms with Crippen molar-refractivity contribution < 1.29 is 19.1 Å². The topological polar surface area (TPSA) is 64.6 Å². The Labute approximate surface area is 143 Å². The molecule has 132 valence electrons. The van der Waals surface area contributed by atoms with Crippen LogP contribution in [0.2, 0.25) is 0 Å². The molecule has 1 aliphatic rings. The summed E-state index contributed by atoms with van der Waals surface area (Å²) in [6.45, 7) is 5.22. The van der Waals surface area contributed by atoms with Crippen LogP contribution in [0, 0.1) is 0 Å². The fourth-order valence-corrected chi connectivity index (χ4v) is 2.77. The minimum Gasteiger partial charge on any atom is -0.459 e. The number of ether oxygens (including phenoxy) is 2. The summed E-state index contributed by atoms with van der Waals surface area (Å²) in [6.07, 6.45) is 3.61. The van der Waals surface area contributed by atoms with Crippen LogP contribution in [-0.4, -0.2) is 30.1 Å². The number of rotatable bonds is 6. The third-order valence-electron chi connectivity index (χ3n) is 3.80. The van der Waals surface area contributed by atoms with Crippen molar-refractivity contribution in [2.45, 2.75) is 64.3 Å². The average Bonchev–Trinajstić information content (AvgIpc) is 3.02. The molecule has 1 aromatic carbocycles. The highest BCUT2D eigenvalue weighted by Gasteiger charge is 2.27. The van der Waals surface area contributed by atoms with E-state index in [2.05, 4.69) is 5.32 Å². The van der Waals surface area contributed by atoms with Crippen LogP contribution in [0.1, 0.15) is 58.1 Å². The van der Waals surface area contributed by atoms with E-state index >= 15 is 0 Å². The van der Waals surface area contributed by atoms with Gasteiger partial charge < -0.3 is 14.8 Å². The molecular formula is C19H27NO4. The van der Waals surface area contributed by atoms with Crippen molar-refractivity contribution in [1.82, 2.24) is 5.32 Å². The molecule has 1 fully saturated rings. The van der Waals surface area contributed by atoms with E-state index in [0.29, 0.717) is 0 Å². The van der Waals surface area contributed by atoms with Crippen LogP contribution in [0.5, 0.6) is 0 Å². The second-order valence-corrected chi connectivity index (χ2v) is 7.14. The third-order valence-corrected chi connectivity index (χ3v) is 3.80. The summed E-state index contributed by atoms with van der Waals surface area (Å²) >= 11 is 0. The number of carbonyl (C=O) groups excluding carboxylic acids is 2. The highest BCUT2D eigenvalue weighted by Crippen LogP contribution is 2.28. The molecule has 1 aliphatic carbocycles. The molecule has 1 N–H and O–H groups in total. The zero-order valence-corrected chi connectivity index (χ0v) is 14.7. The van der Waals surface area contributed by atoms with Crippen molar-refractivity contribution in [2.24, 2.45) is 0 Å². The molecule has 5 nitrogen and oxygen atoms in total. The molecule has 24 heavy (non-hydrogen) atoms. The minimum absolute atomic E-state index is 0.0995. The van der Waals surface area contributed by atoms with Crippen LogP contribution >= 0.6 is 0 Å². The largest absolute Gasteiger partial charge is 0.459 e. The summed E-state index contributed by atoms with van der Waals surface area (Å²) in [5, 5.41) is 2.64. The quantitative estimate of drug-likeness (QED) is 0.812. The van der Waals surface area contributed by atoms with Gasteiger partial charge in [-0.3, -0.25) is 9.59 Å². The summed E-state index contributed by atoms with van der Waals surface area (Å²) in [7, 11) is 0. The van der Waals surface area contributed by atoms with Crippen LogP contribution in [0.25, 0.3) is 0 Å². The van der Waals surface area contributed by atoms with Crippen molar-refractivity contribution >= 4 is 11.9 Å². The van der Waals surface area contributed by atoms with Gasteiger partial charge in [-0.15, -0.1) is 0 Å². The van der Waals surface area contributed by atoms with Crippen LogP contribution < -0.4 is 5.32 Å². The minimum atomic E-state index is -0.697. The molecule has 0 heterocycles. The van der Waals surface area contributed by atoms with Gasteiger partial charge in [0.15, 0.2) is 6.10 Å². The van der Waals surface area contributed by atoms with Crippen LogP contribution in [0.4, 0.5) is 0 Å². The fraction of sp³-hybridized carbons (Fsp3) is 0.579. The Bertz CT molecular complexity index is 544. The molecule has 1 saturated carbocycles. The second-order valence-electron chi connectivity index (χ2n) is 7.14. The fourth-order valence-electron chi connectivity index (χ4n) is 2.77. The van der Waals surface area contributed by atoms with E-state index in [9.17, 15) is 9.59 Å². The Balaban J connectivity index is 1.98. The van der Waals surface area contributed by atoms with Crippen molar-refractivity contribution in [2.75, 3.05) is 6.54 Å². The lowest BCUT2D eigenvalue weighted by Gasteiger charge is -2.23. The van der Waals surface area contributed by atoms with E-state index in [-0.39, 0.29) is 18.6 Å². The SMILES string of the molecule is CC(C)(C)OC(=O)CNC(=O)C(OC1CCCC1)c1ccccc1. The predicted molar refractivity (Wildman–Crippen MR) is 91.4 cm³/mol. The normalized spacial score (nSPS) is 16.6. The van der Waals surface area contributed by atoms with Gasteiger partial charge >= 0.3 is 5.97 Å². The Morgan fingerprint density at radius 2 is 1.79 bits per heavy atom. The van der Waals surface area contributed by atoms with Crippen LogP contribution in [0.3, 0.4) is 0 Å². The second kappa shape index (κ2) is 8.29. The molecule has 0 aliphatic heterocycles. The van der Waals surface area contributed by atoms with Gasteiger partial charge in [0, 0.05) is 0 Å². The summed E-state index contributed by atoms with van der Waals surface area (Å²) in [5.41, 5.74) is 0.229. The van der Waals surface area contributed by atoms with Crippen molar-refractivity contribution in [3.05, 3.63) is 35.9 Å². The first-order chi connectivity index (χ1) is 11.3. The van der Waals surface area contributed by atoms with E-state index in [1.54, 1.807) is 20.8 Å². The van der Waals surface area contributed by atoms with Gasteiger partial charge in [-0.2, -0.15) is 0 Å². The first kappa shape index (κ1) is 18.5. The number of nitrogens with one attached hydrogen (secondary N) is 1. The van der Waals surface area contributed by atoms with E-state index in [4.69, 9.17) is 9.47 Å². The van der Waals surface area contributed by atoms with Crippen molar-refractivity contribution in [3.63, 3.8) is 0 Å². The number of hydrogen-bond donors (Lipinski definition) is 1. The number of hydrogen-bond acceptors (Lipinski definition) is 4. The zero-order chi connectivity index (χ0) is 17.6. The molecule has 0 saturated heterocycles. The zero-order valence-electron chi connectivity index (χ0n) is 14.7. The molecule has 1 aromatic rings. The Morgan fingerprint density at radius 3 is 2.38 bits per heavy atom. The van der Waals surface area contributed by atoms with Gasteiger partial charge in [0.25, 0.3) is 5.91 Å². The lowest BCUT2D eigenvalue weighted by atomic mass is 10.1. The number of amides is 1. The maximum atomic E-state index is 12.6. The number of benzene rings is 1. The summed E-state index contributed by atoms with van der Waals surface area (Å²) in [4.78, 5) is 24.3. The molecule has 1 amide bonds. The highest BCUT2D eigenvalue weighted by molar-refractivity contribution is 5.86. The lowest BCUT2D eigenvalue weighted by Crippen LogP contribution is -2.38. The first-order valence-corrected chi connectivity index (χ1v) is 8.55. The monoisotopic (exact) mass is 333 g/mol. The Morgan fingerprint density at radius 1 is 1.17 bits per heavy atom. The van der Waals surface area contributed by atoms with E-state index in [0.717, 1.165) is 31.2 Å². The van der Waals surface area contributed by atoms with Gasteiger partial charge in [0.2, 0.25) is 0 Å². The maximum absolute atomic E-state index is 12.6. The molecule has 0 radical (unpaired) electrons. The molecule has 1 unspecified atom stereocenters. The van der Waals surface area contributed by atoms with E-state index < -0.39 is 17.7 Å². The Kier molecular flexibility index (Phi) is 6.37. The lowest BCUT2D eigenvalue weighted by molar-refractivity contribution is -0.155. The summed E-state index contributed by atoms with van der Waals surface area (Å²) in [5.74, 6) is -0.762.